The molecule has 0 aliphatic carbocycles. The van der Waals surface area contributed by atoms with Gasteiger partial charge in [0.05, 0.1) is 12.3 Å². The summed E-state index contributed by atoms with van der Waals surface area (Å²) in [6, 6.07) is 11.3. The second kappa shape index (κ2) is 8.41. The maximum atomic E-state index is 13.8. The van der Waals surface area contributed by atoms with Crippen LogP contribution in [0, 0.1) is 11.6 Å². The Hall–Kier alpha value is -3.26. The lowest BCUT2D eigenvalue weighted by Gasteiger charge is -2.12. The molecule has 140 valence electrons. The molecule has 3 rings (SSSR count). The Bertz CT molecular complexity index is 943. The highest BCUT2D eigenvalue weighted by atomic mass is 19.1. The first-order chi connectivity index (χ1) is 13.1. The lowest BCUT2D eigenvalue weighted by atomic mass is 10.2. The molecule has 0 fully saturated rings. The fourth-order valence-electron chi connectivity index (χ4n) is 2.36. The van der Waals surface area contributed by atoms with Crippen LogP contribution in [-0.2, 0) is 4.74 Å². The molecule has 0 aliphatic heterocycles. The summed E-state index contributed by atoms with van der Waals surface area (Å²) in [5.41, 5.74) is 0.424. The van der Waals surface area contributed by atoms with Gasteiger partial charge in [-0.3, -0.25) is 4.79 Å². The first kappa shape index (κ1) is 18.5. The molecule has 0 aliphatic rings. The average molecular weight is 373 g/mol. The third-order valence-corrected chi connectivity index (χ3v) is 3.66. The third kappa shape index (κ3) is 4.48. The number of hydrogen-bond donors (Lipinski definition) is 1. The van der Waals surface area contributed by atoms with E-state index in [4.69, 9.17) is 9.47 Å². The van der Waals surface area contributed by atoms with Crippen molar-refractivity contribution in [1.29, 1.82) is 0 Å². The normalized spacial score (nSPS) is 10.6. The molecule has 0 saturated heterocycles. The predicted molar refractivity (Wildman–Crippen MR) is 95.2 cm³/mol. The fraction of sp³-hybridized carbons (Fsp3) is 0.158. The summed E-state index contributed by atoms with van der Waals surface area (Å²) in [6.45, 7) is 0.588. The Kier molecular flexibility index (Phi) is 5.77. The van der Waals surface area contributed by atoms with E-state index in [0.717, 1.165) is 6.07 Å². The van der Waals surface area contributed by atoms with Crippen molar-refractivity contribution in [2.75, 3.05) is 25.6 Å². The molecule has 0 unspecified atom stereocenters. The molecule has 1 N–H and O–H groups in total. The minimum atomic E-state index is -0.577. The molecular formula is C19H17F2N3O3. The van der Waals surface area contributed by atoms with Crippen LogP contribution in [0.15, 0.2) is 54.7 Å². The summed E-state index contributed by atoms with van der Waals surface area (Å²) in [6.07, 6.45) is 1.47. The molecule has 0 saturated carbocycles. The lowest BCUT2D eigenvalue weighted by molar-refractivity contribution is 0.102. The van der Waals surface area contributed by atoms with Crippen LogP contribution in [0.1, 0.15) is 10.5 Å². The first-order valence-corrected chi connectivity index (χ1v) is 8.11. The molecule has 1 aromatic heterocycles. The number of halogens is 2. The van der Waals surface area contributed by atoms with E-state index < -0.39 is 17.5 Å². The molecule has 1 amide bonds. The zero-order chi connectivity index (χ0) is 19.2. The van der Waals surface area contributed by atoms with Crippen molar-refractivity contribution in [2.24, 2.45) is 0 Å². The highest BCUT2D eigenvalue weighted by molar-refractivity contribution is 6.03. The molecule has 0 spiro atoms. The monoisotopic (exact) mass is 373 g/mol. The summed E-state index contributed by atoms with van der Waals surface area (Å²) < 4.78 is 39.0. The van der Waals surface area contributed by atoms with Gasteiger partial charge in [-0.15, -0.1) is 0 Å². The van der Waals surface area contributed by atoms with E-state index in [9.17, 15) is 13.6 Å². The molecule has 27 heavy (non-hydrogen) atoms. The van der Waals surface area contributed by atoms with Crippen LogP contribution in [0.4, 0.5) is 14.5 Å². The molecule has 2 aromatic carbocycles. The van der Waals surface area contributed by atoms with E-state index in [-0.39, 0.29) is 23.7 Å². The number of para-hydroxylation sites is 1. The van der Waals surface area contributed by atoms with Gasteiger partial charge in [0.1, 0.15) is 29.7 Å². The Morgan fingerprint density at radius 1 is 1.15 bits per heavy atom. The summed E-state index contributed by atoms with van der Waals surface area (Å²) in [4.78, 5) is 12.5. The zero-order valence-electron chi connectivity index (χ0n) is 14.5. The Labute approximate surface area is 154 Å². The molecular weight excluding hydrogens is 356 g/mol. The third-order valence-electron chi connectivity index (χ3n) is 3.66. The SMILES string of the molecule is COCCOc1ccc(F)cc1NC(=O)c1ccn(-c2ccccc2F)n1. The van der Waals surface area contributed by atoms with E-state index in [0.29, 0.717) is 12.4 Å². The number of nitrogens with zero attached hydrogens (tertiary/aromatic N) is 2. The number of hydrogen-bond acceptors (Lipinski definition) is 4. The minimum absolute atomic E-state index is 0.0466. The van der Waals surface area contributed by atoms with E-state index >= 15 is 0 Å². The number of ether oxygens (including phenoxy) is 2. The average Bonchev–Trinajstić information content (AvgIpc) is 3.14. The molecule has 0 radical (unpaired) electrons. The van der Waals surface area contributed by atoms with Gasteiger partial charge in [-0.2, -0.15) is 5.10 Å². The lowest BCUT2D eigenvalue weighted by Crippen LogP contribution is -2.15. The van der Waals surface area contributed by atoms with E-state index in [2.05, 4.69) is 10.4 Å². The maximum absolute atomic E-state index is 13.8. The van der Waals surface area contributed by atoms with Crippen molar-refractivity contribution in [3.8, 4) is 11.4 Å². The number of benzene rings is 2. The van der Waals surface area contributed by atoms with Crippen LogP contribution in [-0.4, -0.2) is 36.0 Å². The summed E-state index contributed by atoms with van der Waals surface area (Å²) in [5, 5.41) is 6.63. The fourth-order valence-corrected chi connectivity index (χ4v) is 2.36. The topological polar surface area (TPSA) is 65.4 Å². The van der Waals surface area contributed by atoms with Crippen LogP contribution < -0.4 is 10.1 Å². The predicted octanol–water partition coefficient (Wildman–Crippen LogP) is 3.43. The second-order valence-electron chi connectivity index (χ2n) is 5.53. The van der Waals surface area contributed by atoms with E-state index in [1.54, 1.807) is 18.2 Å². The van der Waals surface area contributed by atoms with Gasteiger partial charge in [-0.05, 0) is 30.3 Å². The molecule has 8 heteroatoms. The van der Waals surface area contributed by atoms with Crippen molar-refractivity contribution in [1.82, 2.24) is 9.78 Å². The van der Waals surface area contributed by atoms with Gasteiger partial charge in [0, 0.05) is 19.4 Å². The van der Waals surface area contributed by atoms with Gasteiger partial charge in [0.2, 0.25) is 0 Å². The van der Waals surface area contributed by atoms with Gasteiger partial charge >= 0.3 is 0 Å². The standard InChI is InChI=1S/C19H17F2N3O3/c1-26-10-11-27-18-7-6-13(20)12-16(18)22-19(25)15-8-9-24(23-15)17-5-3-2-4-14(17)21/h2-9,12H,10-11H2,1H3,(H,22,25). The Morgan fingerprint density at radius 3 is 2.74 bits per heavy atom. The first-order valence-electron chi connectivity index (χ1n) is 8.11. The maximum Gasteiger partial charge on any atom is 0.276 e. The van der Waals surface area contributed by atoms with Crippen molar-refractivity contribution in [3.63, 3.8) is 0 Å². The van der Waals surface area contributed by atoms with Crippen LogP contribution in [0.3, 0.4) is 0 Å². The summed E-state index contributed by atoms with van der Waals surface area (Å²) in [5.74, 6) is -1.27. The van der Waals surface area contributed by atoms with Crippen molar-refractivity contribution in [3.05, 3.63) is 72.1 Å². The van der Waals surface area contributed by atoms with Gasteiger partial charge in [0.15, 0.2) is 5.69 Å². The van der Waals surface area contributed by atoms with E-state index in [1.807, 2.05) is 0 Å². The smallest absolute Gasteiger partial charge is 0.276 e. The van der Waals surface area contributed by atoms with Gasteiger partial charge in [0.25, 0.3) is 5.91 Å². The van der Waals surface area contributed by atoms with Gasteiger partial charge < -0.3 is 14.8 Å². The van der Waals surface area contributed by atoms with Crippen LogP contribution >= 0.6 is 0 Å². The Morgan fingerprint density at radius 2 is 1.96 bits per heavy atom. The van der Waals surface area contributed by atoms with Gasteiger partial charge in [-0.25, -0.2) is 13.5 Å². The Balaban J connectivity index is 1.78. The van der Waals surface area contributed by atoms with Crippen LogP contribution in [0.5, 0.6) is 5.75 Å². The second-order valence-corrected chi connectivity index (χ2v) is 5.53. The number of anilines is 1. The molecule has 1 heterocycles. The molecule has 6 nitrogen and oxygen atoms in total. The highest BCUT2D eigenvalue weighted by Gasteiger charge is 2.15. The molecule has 0 atom stereocenters. The highest BCUT2D eigenvalue weighted by Crippen LogP contribution is 2.26. The van der Waals surface area contributed by atoms with Gasteiger partial charge in [-0.1, -0.05) is 12.1 Å². The number of aromatic nitrogens is 2. The van der Waals surface area contributed by atoms with E-state index in [1.165, 1.54) is 42.3 Å². The number of rotatable bonds is 7. The van der Waals surface area contributed by atoms with Crippen molar-refractivity contribution < 1.29 is 23.0 Å². The zero-order valence-corrected chi connectivity index (χ0v) is 14.5. The summed E-state index contributed by atoms with van der Waals surface area (Å²) >= 11 is 0. The number of carbonyl (C=O) groups is 1. The number of amides is 1. The van der Waals surface area contributed by atoms with Crippen molar-refractivity contribution in [2.45, 2.75) is 0 Å². The number of carbonyl (C=O) groups excluding carboxylic acids is 1. The van der Waals surface area contributed by atoms with Crippen molar-refractivity contribution >= 4 is 11.6 Å². The van der Waals surface area contributed by atoms with Crippen LogP contribution in [0.25, 0.3) is 5.69 Å². The molecule has 0 bridgehead atoms. The number of methoxy groups -OCH3 is 1. The van der Waals surface area contributed by atoms with Crippen LogP contribution in [0.2, 0.25) is 0 Å². The minimum Gasteiger partial charge on any atom is -0.489 e. The largest absolute Gasteiger partial charge is 0.489 e. The quantitative estimate of drug-likeness (QED) is 0.645. The molecule has 3 aromatic rings. The summed E-state index contributed by atoms with van der Waals surface area (Å²) in [7, 11) is 1.53. The number of nitrogens with one attached hydrogen (secondary N) is 1.